The van der Waals surface area contributed by atoms with Gasteiger partial charge in [0.25, 0.3) is 0 Å². The zero-order valence-electron chi connectivity index (χ0n) is 13.3. The molecule has 2 aromatic heterocycles. The molecule has 124 valence electrons. The molecule has 0 aliphatic carbocycles. The molecule has 7 heteroatoms. The number of fused-ring (bicyclic) bond motifs is 1. The molecule has 0 atom stereocenters. The number of benzene rings is 1. The topological polar surface area (TPSA) is 64.1 Å². The maximum absolute atomic E-state index is 11.7. The number of hydrogen-bond acceptors (Lipinski definition) is 6. The lowest BCUT2D eigenvalue weighted by Gasteiger charge is -2.08. The van der Waals surface area contributed by atoms with Crippen LogP contribution in [0.5, 0.6) is 0 Å². The van der Waals surface area contributed by atoms with E-state index in [-0.39, 0.29) is 11.3 Å². The van der Waals surface area contributed by atoms with Crippen LogP contribution in [0.4, 0.5) is 11.5 Å². The number of hydrogen-bond donors (Lipinski definition) is 1. The van der Waals surface area contributed by atoms with Crippen molar-refractivity contribution in [2.75, 3.05) is 11.9 Å². The lowest BCUT2D eigenvalue weighted by Crippen LogP contribution is -2.04. The SMILES string of the molecule is CCOC(=O)c1ccc(Nc2nc(Cl)nc3sc(CC)cc23)cc1. The summed E-state index contributed by atoms with van der Waals surface area (Å²) in [5, 5.41) is 4.39. The van der Waals surface area contributed by atoms with Crippen LogP contribution in [0.15, 0.2) is 30.3 Å². The normalized spacial score (nSPS) is 10.8. The molecule has 2 heterocycles. The molecule has 3 rings (SSSR count). The number of aromatic nitrogens is 2. The molecule has 0 aliphatic rings. The Morgan fingerprint density at radius 2 is 2.00 bits per heavy atom. The van der Waals surface area contributed by atoms with E-state index >= 15 is 0 Å². The second-order valence-corrected chi connectivity index (χ2v) is 6.50. The smallest absolute Gasteiger partial charge is 0.338 e. The Morgan fingerprint density at radius 3 is 2.67 bits per heavy atom. The Hall–Kier alpha value is -2.18. The fourth-order valence-corrected chi connectivity index (χ4v) is 3.44. The number of nitrogens with zero attached hydrogens (tertiary/aromatic N) is 2. The number of aryl methyl sites for hydroxylation is 1. The van der Waals surface area contributed by atoms with Gasteiger partial charge in [-0.2, -0.15) is 4.98 Å². The zero-order valence-corrected chi connectivity index (χ0v) is 14.9. The van der Waals surface area contributed by atoms with Crippen molar-refractivity contribution >= 4 is 50.6 Å². The van der Waals surface area contributed by atoms with Crippen molar-refractivity contribution in [2.24, 2.45) is 0 Å². The van der Waals surface area contributed by atoms with Gasteiger partial charge in [0.2, 0.25) is 5.28 Å². The van der Waals surface area contributed by atoms with Gasteiger partial charge in [-0.05, 0) is 55.3 Å². The van der Waals surface area contributed by atoms with Crippen molar-refractivity contribution in [1.29, 1.82) is 0 Å². The van der Waals surface area contributed by atoms with Crippen molar-refractivity contribution in [2.45, 2.75) is 20.3 Å². The summed E-state index contributed by atoms with van der Waals surface area (Å²) < 4.78 is 4.98. The first-order chi connectivity index (χ1) is 11.6. The van der Waals surface area contributed by atoms with Gasteiger partial charge in [0.05, 0.1) is 17.6 Å². The summed E-state index contributed by atoms with van der Waals surface area (Å²) in [5.74, 6) is 0.326. The van der Waals surface area contributed by atoms with Crippen LogP contribution >= 0.6 is 22.9 Å². The first-order valence-corrected chi connectivity index (χ1v) is 8.80. The van der Waals surface area contributed by atoms with Gasteiger partial charge in [-0.15, -0.1) is 11.3 Å². The van der Waals surface area contributed by atoms with Crippen molar-refractivity contribution in [3.05, 3.63) is 46.1 Å². The Bertz CT molecular complexity index is 877. The maximum atomic E-state index is 11.7. The Labute approximate surface area is 148 Å². The molecule has 0 amide bonds. The highest BCUT2D eigenvalue weighted by Gasteiger charge is 2.11. The molecule has 24 heavy (non-hydrogen) atoms. The quantitative estimate of drug-likeness (QED) is 0.521. The van der Waals surface area contributed by atoms with Crippen LogP contribution in [-0.2, 0) is 11.2 Å². The summed E-state index contributed by atoms with van der Waals surface area (Å²) in [7, 11) is 0. The lowest BCUT2D eigenvalue weighted by molar-refractivity contribution is 0.0526. The van der Waals surface area contributed by atoms with Crippen LogP contribution in [-0.4, -0.2) is 22.5 Å². The monoisotopic (exact) mass is 361 g/mol. The third-order valence-corrected chi connectivity index (χ3v) is 4.77. The van der Waals surface area contributed by atoms with Gasteiger partial charge < -0.3 is 10.1 Å². The van der Waals surface area contributed by atoms with E-state index in [1.54, 1.807) is 42.5 Å². The number of anilines is 2. The van der Waals surface area contributed by atoms with E-state index in [4.69, 9.17) is 16.3 Å². The predicted molar refractivity (Wildman–Crippen MR) is 97.5 cm³/mol. The minimum Gasteiger partial charge on any atom is -0.462 e. The number of ether oxygens (including phenoxy) is 1. The van der Waals surface area contributed by atoms with E-state index in [2.05, 4.69) is 28.3 Å². The average molecular weight is 362 g/mol. The summed E-state index contributed by atoms with van der Waals surface area (Å²) in [6.07, 6.45) is 0.937. The molecule has 5 nitrogen and oxygen atoms in total. The van der Waals surface area contributed by atoms with Crippen LogP contribution in [0.1, 0.15) is 29.1 Å². The number of carbonyl (C=O) groups is 1. The molecule has 0 spiro atoms. The Kier molecular flexibility index (Phi) is 4.97. The van der Waals surface area contributed by atoms with E-state index in [0.29, 0.717) is 18.0 Å². The van der Waals surface area contributed by atoms with Gasteiger partial charge in [0, 0.05) is 10.6 Å². The summed E-state index contributed by atoms with van der Waals surface area (Å²) in [4.78, 5) is 22.3. The van der Waals surface area contributed by atoms with E-state index < -0.39 is 0 Å². The Balaban J connectivity index is 1.89. The number of halogens is 1. The number of esters is 1. The molecule has 0 unspecified atom stereocenters. The van der Waals surface area contributed by atoms with Crippen LogP contribution in [0.25, 0.3) is 10.2 Å². The molecular weight excluding hydrogens is 346 g/mol. The van der Waals surface area contributed by atoms with E-state index in [1.807, 2.05) is 0 Å². The highest BCUT2D eigenvalue weighted by Crippen LogP contribution is 2.31. The molecule has 3 aromatic rings. The predicted octanol–water partition coefficient (Wildman–Crippen LogP) is 4.83. The summed E-state index contributed by atoms with van der Waals surface area (Å²) in [5.41, 5.74) is 1.32. The minimum absolute atomic E-state index is 0.206. The summed E-state index contributed by atoms with van der Waals surface area (Å²) in [6, 6.07) is 9.12. The van der Waals surface area contributed by atoms with Crippen LogP contribution in [0.2, 0.25) is 5.28 Å². The number of carbonyl (C=O) groups excluding carboxylic acids is 1. The van der Waals surface area contributed by atoms with E-state index in [1.165, 1.54) is 4.88 Å². The van der Waals surface area contributed by atoms with Crippen LogP contribution in [0, 0.1) is 0 Å². The molecular formula is C17H16ClN3O2S. The first-order valence-electron chi connectivity index (χ1n) is 7.61. The second kappa shape index (κ2) is 7.15. The van der Waals surface area contributed by atoms with Gasteiger partial charge in [0.15, 0.2) is 0 Å². The third-order valence-electron chi connectivity index (χ3n) is 3.42. The highest BCUT2D eigenvalue weighted by molar-refractivity contribution is 7.18. The molecule has 1 N–H and O–H groups in total. The van der Waals surface area contributed by atoms with E-state index in [9.17, 15) is 4.79 Å². The van der Waals surface area contributed by atoms with Crippen molar-refractivity contribution in [1.82, 2.24) is 9.97 Å². The van der Waals surface area contributed by atoms with Gasteiger partial charge in [-0.25, -0.2) is 9.78 Å². The minimum atomic E-state index is -0.332. The zero-order chi connectivity index (χ0) is 17.1. The number of nitrogens with one attached hydrogen (secondary N) is 1. The molecule has 0 aliphatic heterocycles. The lowest BCUT2D eigenvalue weighted by atomic mass is 10.2. The van der Waals surface area contributed by atoms with Gasteiger partial charge in [-0.3, -0.25) is 0 Å². The Morgan fingerprint density at radius 1 is 1.25 bits per heavy atom. The van der Waals surface area contributed by atoms with Crippen molar-refractivity contribution in [3.8, 4) is 0 Å². The maximum Gasteiger partial charge on any atom is 0.338 e. The first kappa shape index (κ1) is 16.7. The second-order valence-electron chi connectivity index (χ2n) is 5.05. The number of rotatable bonds is 5. The molecule has 0 saturated heterocycles. The highest BCUT2D eigenvalue weighted by atomic mass is 35.5. The fraction of sp³-hybridized carbons (Fsp3) is 0.235. The fourth-order valence-electron chi connectivity index (χ4n) is 2.26. The van der Waals surface area contributed by atoms with Crippen molar-refractivity contribution < 1.29 is 9.53 Å². The van der Waals surface area contributed by atoms with Crippen LogP contribution in [0.3, 0.4) is 0 Å². The standard InChI is InChI=1S/C17H16ClN3O2S/c1-3-12-9-13-14(20-17(18)21-15(13)24-12)19-11-7-5-10(6-8-11)16(22)23-4-2/h5-9H,3-4H2,1-2H3,(H,19,20,21). The molecule has 0 bridgehead atoms. The largest absolute Gasteiger partial charge is 0.462 e. The molecule has 0 saturated carbocycles. The third kappa shape index (κ3) is 3.49. The molecule has 0 fully saturated rings. The summed E-state index contributed by atoms with van der Waals surface area (Å²) in [6.45, 7) is 4.23. The molecule has 1 aromatic carbocycles. The van der Waals surface area contributed by atoms with Gasteiger partial charge >= 0.3 is 5.97 Å². The van der Waals surface area contributed by atoms with E-state index in [0.717, 1.165) is 22.3 Å². The van der Waals surface area contributed by atoms with Crippen molar-refractivity contribution in [3.63, 3.8) is 0 Å². The summed E-state index contributed by atoms with van der Waals surface area (Å²) >= 11 is 7.64. The molecule has 0 radical (unpaired) electrons. The van der Waals surface area contributed by atoms with Crippen LogP contribution < -0.4 is 5.32 Å². The van der Waals surface area contributed by atoms with Gasteiger partial charge in [0.1, 0.15) is 10.6 Å². The van der Waals surface area contributed by atoms with Gasteiger partial charge in [-0.1, -0.05) is 6.92 Å². The average Bonchev–Trinajstić information content (AvgIpc) is 2.99. The number of thiophene rings is 1.